The fourth-order valence-corrected chi connectivity index (χ4v) is 2.15. The minimum atomic E-state index is -1.05. The molecule has 3 N–H and O–H groups in total. The van der Waals surface area contributed by atoms with Crippen LogP contribution in [0.3, 0.4) is 0 Å². The van der Waals surface area contributed by atoms with Gasteiger partial charge in [0.15, 0.2) is 11.7 Å². The Bertz CT molecular complexity index is 674. The number of rotatable bonds is 7. The monoisotopic (exact) mass is 334 g/mol. The summed E-state index contributed by atoms with van der Waals surface area (Å²) in [7, 11) is 1.82. The van der Waals surface area contributed by atoms with Gasteiger partial charge in [-0.1, -0.05) is 12.1 Å². The number of aryl methyl sites for hydroxylation is 2. The Kier molecular flexibility index (Phi) is 5.97. The number of nitrogens with one attached hydrogen (secondary N) is 2. The first-order chi connectivity index (χ1) is 11.4. The molecule has 0 bridgehead atoms. The van der Waals surface area contributed by atoms with Gasteiger partial charge >= 0.3 is 0 Å². The summed E-state index contributed by atoms with van der Waals surface area (Å²) in [6.07, 6.45) is 4.29. The minimum Gasteiger partial charge on any atom is -0.383 e. The Morgan fingerprint density at radius 3 is 2.79 bits per heavy atom. The van der Waals surface area contributed by atoms with Crippen molar-refractivity contribution in [2.45, 2.75) is 39.3 Å². The first-order valence-corrected chi connectivity index (χ1v) is 8.12. The van der Waals surface area contributed by atoms with Crippen LogP contribution in [0.4, 0.5) is 0 Å². The molecule has 0 radical (unpaired) electrons. The molecule has 1 atom stereocenters. The zero-order chi connectivity index (χ0) is 17.6. The summed E-state index contributed by atoms with van der Waals surface area (Å²) in [5.41, 5.74) is 0.611. The van der Waals surface area contributed by atoms with Gasteiger partial charge in [0.05, 0.1) is 18.4 Å². The summed E-state index contributed by atoms with van der Waals surface area (Å²) in [5, 5.41) is 25.0. The molecule has 0 aliphatic heterocycles. The third-order valence-electron chi connectivity index (χ3n) is 3.63. The molecule has 2 rings (SSSR count). The average molecular weight is 334 g/mol. The highest BCUT2D eigenvalue weighted by atomic mass is 16.5. The van der Waals surface area contributed by atoms with E-state index in [1.807, 2.05) is 27.0 Å². The van der Waals surface area contributed by atoms with Crippen LogP contribution in [0.5, 0.6) is 0 Å². The van der Waals surface area contributed by atoms with Crippen LogP contribution in [0, 0.1) is 0 Å². The molecule has 2 heterocycles. The Hall–Kier alpha value is -2.35. The summed E-state index contributed by atoms with van der Waals surface area (Å²) < 4.78 is 6.89. The van der Waals surface area contributed by atoms with E-state index in [0.717, 1.165) is 24.2 Å². The van der Waals surface area contributed by atoms with Gasteiger partial charge in [-0.3, -0.25) is 4.68 Å². The third-order valence-corrected chi connectivity index (χ3v) is 3.63. The van der Waals surface area contributed by atoms with E-state index in [1.165, 1.54) is 0 Å². The quantitative estimate of drug-likeness (QED) is 0.514. The normalized spacial score (nSPS) is 14.5. The first-order valence-electron chi connectivity index (χ1n) is 8.12. The van der Waals surface area contributed by atoms with Crippen LogP contribution in [-0.2, 0) is 25.6 Å². The molecule has 2 aromatic rings. The van der Waals surface area contributed by atoms with E-state index in [1.54, 1.807) is 24.0 Å². The number of aliphatic hydroxyl groups is 1. The Labute approximate surface area is 141 Å². The van der Waals surface area contributed by atoms with Gasteiger partial charge in [0, 0.05) is 31.4 Å². The molecule has 2 aromatic heterocycles. The molecular formula is C16H26N6O2. The van der Waals surface area contributed by atoms with Crippen molar-refractivity contribution in [1.29, 1.82) is 0 Å². The largest absolute Gasteiger partial charge is 0.383 e. The summed E-state index contributed by atoms with van der Waals surface area (Å²) in [6, 6.07) is 1.90. The molecule has 0 amide bonds. The summed E-state index contributed by atoms with van der Waals surface area (Å²) in [5.74, 6) is 1.32. The predicted molar refractivity (Wildman–Crippen MR) is 91.5 cm³/mol. The van der Waals surface area contributed by atoms with Crippen molar-refractivity contribution in [3.05, 3.63) is 35.5 Å². The lowest BCUT2D eigenvalue weighted by molar-refractivity contribution is 0.0616. The van der Waals surface area contributed by atoms with Crippen molar-refractivity contribution < 1.29 is 9.63 Å². The van der Waals surface area contributed by atoms with Gasteiger partial charge in [-0.05, 0) is 20.3 Å². The van der Waals surface area contributed by atoms with Crippen molar-refractivity contribution in [1.82, 2.24) is 25.6 Å². The van der Waals surface area contributed by atoms with Gasteiger partial charge in [0.25, 0.3) is 0 Å². The van der Waals surface area contributed by atoms with Crippen LogP contribution in [0.15, 0.2) is 28.0 Å². The molecule has 0 spiro atoms. The second-order valence-corrected chi connectivity index (χ2v) is 5.86. The van der Waals surface area contributed by atoms with Crippen molar-refractivity contribution >= 4 is 5.96 Å². The van der Waals surface area contributed by atoms with Gasteiger partial charge < -0.3 is 20.3 Å². The lowest BCUT2D eigenvalue weighted by atomic mass is 10.00. The maximum atomic E-state index is 10.6. The Morgan fingerprint density at radius 2 is 2.21 bits per heavy atom. The zero-order valence-electron chi connectivity index (χ0n) is 14.7. The van der Waals surface area contributed by atoms with E-state index in [0.29, 0.717) is 24.8 Å². The smallest absolute Gasteiger partial charge is 0.191 e. The lowest BCUT2D eigenvalue weighted by Gasteiger charge is -2.23. The maximum absolute atomic E-state index is 10.6. The molecule has 0 aromatic carbocycles. The SMILES string of the molecule is CCNC(=NCc1cc(CC)no1)NCC(C)(O)c1cnn(C)c1. The molecule has 0 aliphatic rings. The van der Waals surface area contributed by atoms with E-state index in [-0.39, 0.29) is 0 Å². The van der Waals surface area contributed by atoms with Crippen molar-refractivity contribution in [2.24, 2.45) is 12.0 Å². The molecule has 0 saturated heterocycles. The zero-order valence-corrected chi connectivity index (χ0v) is 14.7. The molecule has 24 heavy (non-hydrogen) atoms. The maximum Gasteiger partial charge on any atom is 0.191 e. The number of aromatic nitrogens is 3. The summed E-state index contributed by atoms with van der Waals surface area (Å²) in [4.78, 5) is 4.46. The van der Waals surface area contributed by atoms with Crippen LogP contribution in [0.25, 0.3) is 0 Å². The second kappa shape index (κ2) is 7.96. The number of hydrogen-bond donors (Lipinski definition) is 3. The van der Waals surface area contributed by atoms with Gasteiger partial charge in [0.2, 0.25) is 0 Å². The molecule has 132 valence electrons. The van der Waals surface area contributed by atoms with E-state index >= 15 is 0 Å². The number of nitrogens with zero attached hydrogens (tertiary/aromatic N) is 4. The fourth-order valence-electron chi connectivity index (χ4n) is 2.15. The topological polar surface area (TPSA) is 100 Å². The molecule has 0 fully saturated rings. The third kappa shape index (κ3) is 4.82. The average Bonchev–Trinajstić information content (AvgIpc) is 3.19. The highest BCUT2D eigenvalue weighted by molar-refractivity contribution is 5.79. The predicted octanol–water partition coefficient (Wildman–Crippen LogP) is 0.933. The molecular weight excluding hydrogens is 308 g/mol. The number of guanidine groups is 1. The summed E-state index contributed by atoms with van der Waals surface area (Å²) >= 11 is 0. The minimum absolute atomic E-state index is 0.307. The molecule has 0 saturated carbocycles. The van der Waals surface area contributed by atoms with E-state index in [9.17, 15) is 5.11 Å². The van der Waals surface area contributed by atoms with Gasteiger partial charge in [-0.15, -0.1) is 0 Å². The number of aliphatic imine (C=N–C) groups is 1. The lowest BCUT2D eigenvalue weighted by Crippen LogP contribution is -2.44. The van der Waals surface area contributed by atoms with Crippen LogP contribution in [-0.4, -0.2) is 39.1 Å². The van der Waals surface area contributed by atoms with E-state index < -0.39 is 5.60 Å². The van der Waals surface area contributed by atoms with Gasteiger partial charge in [-0.25, -0.2) is 4.99 Å². The number of hydrogen-bond acceptors (Lipinski definition) is 5. The Balaban J connectivity index is 1.98. The fraction of sp³-hybridized carbons (Fsp3) is 0.562. The standard InChI is InChI=1S/C16H26N6O2/c1-5-13-7-14(24-21-13)9-18-15(17-6-2)19-11-16(3,23)12-8-20-22(4)10-12/h7-8,10,23H,5-6,9,11H2,1-4H3,(H2,17,18,19). The molecule has 0 aliphatic carbocycles. The van der Waals surface area contributed by atoms with Crippen molar-refractivity contribution in [3.63, 3.8) is 0 Å². The van der Waals surface area contributed by atoms with E-state index in [2.05, 4.69) is 25.9 Å². The van der Waals surface area contributed by atoms with Crippen LogP contribution in [0.2, 0.25) is 0 Å². The van der Waals surface area contributed by atoms with Gasteiger partial charge in [-0.2, -0.15) is 5.10 Å². The molecule has 8 heteroatoms. The molecule has 1 unspecified atom stereocenters. The van der Waals surface area contributed by atoms with Gasteiger partial charge in [0.1, 0.15) is 12.1 Å². The van der Waals surface area contributed by atoms with Crippen LogP contribution in [0.1, 0.15) is 37.8 Å². The van der Waals surface area contributed by atoms with Crippen molar-refractivity contribution in [2.75, 3.05) is 13.1 Å². The van der Waals surface area contributed by atoms with Crippen LogP contribution < -0.4 is 10.6 Å². The Morgan fingerprint density at radius 1 is 1.42 bits per heavy atom. The van der Waals surface area contributed by atoms with Crippen LogP contribution >= 0.6 is 0 Å². The highest BCUT2D eigenvalue weighted by Gasteiger charge is 2.25. The summed E-state index contributed by atoms with van der Waals surface area (Å²) in [6.45, 7) is 7.16. The second-order valence-electron chi connectivity index (χ2n) is 5.86. The first kappa shape index (κ1) is 18.0. The van der Waals surface area contributed by atoms with E-state index in [4.69, 9.17) is 4.52 Å². The van der Waals surface area contributed by atoms with Crippen molar-refractivity contribution in [3.8, 4) is 0 Å². The molecule has 8 nitrogen and oxygen atoms in total. The highest BCUT2D eigenvalue weighted by Crippen LogP contribution is 2.18.